The van der Waals surface area contributed by atoms with Crippen LogP contribution in [0.5, 0.6) is 17.2 Å². The number of hydrogen-bond donors (Lipinski definition) is 2. The molecule has 0 bridgehead atoms. The molecule has 0 amide bonds. The van der Waals surface area contributed by atoms with Gasteiger partial charge in [0.25, 0.3) is 0 Å². The first-order chi connectivity index (χ1) is 13.6. The van der Waals surface area contributed by atoms with Gasteiger partial charge in [0.2, 0.25) is 6.23 Å². The van der Waals surface area contributed by atoms with Crippen molar-refractivity contribution in [2.75, 3.05) is 0 Å². The number of hydrazone groups is 1. The number of aromatic hydroxyl groups is 2. The number of aromatic nitrogens is 1. The highest BCUT2D eigenvalue weighted by molar-refractivity contribution is 9.10. The summed E-state index contributed by atoms with van der Waals surface area (Å²) >= 11 is 3.54. The number of benzene rings is 2. The Balaban J connectivity index is 1.62. The van der Waals surface area contributed by atoms with Crippen molar-refractivity contribution in [1.29, 1.82) is 0 Å². The van der Waals surface area contributed by atoms with Crippen LogP contribution in [0, 0.1) is 0 Å². The molecule has 0 saturated carbocycles. The number of nitrogens with zero attached hydrogens (tertiary/aromatic N) is 3. The third-order valence-corrected chi connectivity index (χ3v) is 5.53. The van der Waals surface area contributed by atoms with E-state index in [4.69, 9.17) is 9.84 Å². The van der Waals surface area contributed by atoms with E-state index in [1.807, 2.05) is 35.3 Å². The summed E-state index contributed by atoms with van der Waals surface area (Å²) in [4.78, 5) is 4.09. The lowest BCUT2D eigenvalue weighted by molar-refractivity contribution is -0.0191. The number of phenols is 2. The minimum atomic E-state index is -0.390. The van der Waals surface area contributed by atoms with E-state index in [1.165, 1.54) is 6.07 Å². The monoisotopic (exact) mass is 437 g/mol. The van der Waals surface area contributed by atoms with Crippen molar-refractivity contribution in [3.8, 4) is 17.2 Å². The second-order valence-electron chi connectivity index (χ2n) is 6.78. The molecule has 2 atom stereocenters. The van der Waals surface area contributed by atoms with Gasteiger partial charge in [-0.15, -0.1) is 0 Å². The summed E-state index contributed by atoms with van der Waals surface area (Å²) in [5, 5.41) is 26.6. The molecule has 0 radical (unpaired) electrons. The standard InChI is InChI=1S/C21H16BrN3O3/c22-13-1-4-20-16(9-13)18-11-17(15-3-2-14(26)10-19(15)27)24-25(18)21(28-20)12-5-7-23-8-6-12/h1-10,18,21,26-27H,11H2/t18-,21+/m1/s1. The minimum absolute atomic E-state index is 0.00874. The lowest BCUT2D eigenvalue weighted by Gasteiger charge is -2.38. The first kappa shape index (κ1) is 17.1. The fourth-order valence-corrected chi connectivity index (χ4v) is 4.11. The van der Waals surface area contributed by atoms with E-state index < -0.39 is 6.23 Å². The van der Waals surface area contributed by atoms with Crippen molar-refractivity contribution in [3.05, 3.63) is 82.1 Å². The third-order valence-electron chi connectivity index (χ3n) is 5.04. The SMILES string of the molecule is Oc1ccc(C2=NN3[C@H](C2)c2cc(Br)ccc2O[C@H]3c2ccncc2)c(O)c1. The van der Waals surface area contributed by atoms with Crippen LogP contribution < -0.4 is 4.74 Å². The minimum Gasteiger partial charge on any atom is -0.508 e. The van der Waals surface area contributed by atoms with Crippen LogP contribution in [0.25, 0.3) is 0 Å². The lowest BCUT2D eigenvalue weighted by Crippen LogP contribution is -2.33. The summed E-state index contributed by atoms with van der Waals surface area (Å²) in [6.45, 7) is 0. The zero-order chi connectivity index (χ0) is 19.3. The highest BCUT2D eigenvalue weighted by Gasteiger charge is 2.41. The molecule has 3 aromatic rings. The van der Waals surface area contributed by atoms with Crippen LogP contribution in [0.4, 0.5) is 0 Å². The zero-order valence-corrected chi connectivity index (χ0v) is 16.2. The third kappa shape index (κ3) is 2.79. The molecular weight excluding hydrogens is 422 g/mol. The summed E-state index contributed by atoms with van der Waals surface area (Å²) in [6, 6.07) is 14.3. The van der Waals surface area contributed by atoms with Crippen molar-refractivity contribution in [2.45, 2.75) is 18.7 Å². The molecule has 0 fully saturated rings. The van der Waals surface area contributed by atoms with Gasteiger partial charge in [0.1, 0.15) is 17.2 Å². The van der Waals surface area contributed by atoms with Crippen LogP contribution in [0.3, 0.4) is 0 Å². The highest BCUT2D eigenvalue weighted by Crippen LogP contribution is 2.48. The van der Waals surface area contributed by atoms with E-state index >= 15 is 0 Å². The fraction of sp³-hybridized carbons (Fsp3) is 0.143. The first-order valence-electron chi connectivity index (χ1n) is 8.84. The van der Waals surface area contributed by atoms with Crippen LogP contribution in [-0.4, -0.2) is 25.9 Å². The van der Waals surface area contributed by atoms with E-state index in [0.717, 1.165) is 27.1 Å². The second kappa shape index (κ2) is 6.53. The molecule has 0 aliphatic carbocycles. The predicted molar refractivity (Wildman–Crippen MR) is 107 cm³/mol. The molecule has 0 spiro atoms. The average Bonchev–Trinajstić information content (AvgIpc) is 3.13. The van der Waals surface area contributed by atoms with Gasteiger partial charge in [-0.25, -0.2) is 5.01 Å². The van der Waals surface area contributed by atoms with Gasteiger partial charge in [-0.2, -0.15) is 5.10 Å². The number of rotatable bonds is 2. The Morgan fingerprint density at radius 1 is 1.04 bits per heavy atom. The highest BCUT2D eigenvalue weighted by atomic mass is 79.9. The number of fused-ring (bicyclic) bond motifs is 3. The Morgan fingerprint density at radius 3 is 2.64 bits per heavy atom. The van der Waals surface area contributed by atoms with Crippen LogP contribution in [-0.2, 0) is 0 Å². The predicted octanol–water partition coefficient (Wildman–Crippen LogP) is 4.50. The Hall–Kier alpha value is -3.06. The maximum Gasteiger partial charge on any atom is 0.213 e. The van der Waals surface area contributed by atoms with E-state index in [2.05, 4.69) is 20.9 Å². The number of phenolic OH excluding ortho intramolecular Hbond substituents is 2. The van der Waals surface area contributed by atoms with E-state index in [-0.39, 0.29) is 17.5 Å². The fourth-order valence-electron chi connectivity index (χ4n) is 3.73. The number of ether oxygens (including phenoxy) is 1. The van der Waals surface area contributed by atoms with Gasteiger partial charge in [-0.1, -0.05) is 15.9 Å². The average molecular weight is 438 g/mol. The summed E-state index contributed by atoms with van der Waals surface area (Å²) in [5.41, 5.74) is 3.35. The molecule has 3 heterocycles. The maximum absolute atomic E-state index is 10.3. The van der Waals surface area contributed by atoms with Gasteiger partial charge in [-0.3, -0.25) is 4.98 Å². The summed E-state index contributed by atoms with van der Waals surface area (Å²) in [5.74, 6) is 0.844. The van der Waals surface area contributed by atoms with Crippen LogP contribution in [0.15, 0.2) is 70.5 Å². The Kier molecular flexibility index (Phi) is 3.98. The van der Waals surface area contributed by atoms with Crippen LogP contribution in [0.1, 0.15) is 35.4 Å². The number of halogens is 1. The molecular formula is C21H16BrN3O3. The zero-order valence-electron chi connectivity index (χ0n) is 14.7. The van der Waals surface area contributed by atoms with Crippen molar-refractivity contribution in [1.82, 2.24) is 9.99 Å². The van der Waals surface area contributed by atoms with Gasteiger partial charge < -0.3 is 14.9 Å². The molecule has 7 heteroatoms. The van der Waals surface area contributed by atoms with Crippen LogP contribution in [0.2, 0.25) is 0 Å². The van der Waals surface area contributed by atoms with Crippen molar-refractivity contribution < 1.29 is 14.9 Å². The second-order valence-corrected chi connectivity index (χ2v) is 7.70. The summed E-state index contributed by atoms with van der Waals surface area (Å²) in [7, 11) is 0. The molecule has 0 saturated heterocycles. The molecule has 6 nitrogen and oxygen atoms in total. The normalized spacial score (nSPS) is 20.2. The smallest absolute Gasteiger partial charge is 0.213 e. The van der Waals surface area contributed by atoms with Gasteiger partial charge in [0.05, 0.1) is 11.8 Å². The molecule has 5 rings (SSSR count). The Labute approximate surface area is 169 Å². The quantitative estimate of drug-likeness (QED) is 0.616. The maximum atomic E-state index is 10.3. The van der Waals surface area contributed by atoms with Gasteiger partial charge in [0, 0.05) is 46.0 Å². The molecule has 0 unspecified atom stereocenters. The van der Waals surface area contributed by atoms with E-state index in [1.54, 1.807) is 24.5 Å². The molecule has 2 N–H and O–H groups in total. The van der Waals surface area contributed by atoms with Crippen LogP contribution >= 0.6 is 15.9 Å². The topological polar surface area (TPSA) is 78.2 Å². The summed E-state index contributed by atoms with van der Waals surface area (Å²) in [6.07, 6.45) is 3.69. The molecule has 2 aromatic carbocycles. The van der Waals surface area contributed by atoms with Gasteiger partial charge >= 0.3 is 0 Å². The Morgan fingerprint density at radius 2 is 1.86 bits per heavy atom. The molecule has 1 aromatic heterocycles. The molecule has 28 heavy (non-hydrogen) atoms. The first-order valence-corrected chi connectivity index (χ1v) is 9.63. The van der Waals surface area contributed by atoms with Gasteiger partial charge in [0.15, 0.2) is 0 Å². The molecule has 2 aliphatic rings. The van der Waals surface area contributed by atoms with Crippen molar-refractivity contribution >= 4 is 21.6 Å². The number of pyridine rings is 1. The van der Waals surface area contributed by atoms with Gasteiger partial charge in [-0.05, 0) is 42.5 Å². The number of hydrogen-bond acceptors (Lipinski definition) is 6. The van der Waals surface area contributed by atoms with Crippen molar-refractivity contribution in [2.24, 2.45) is 5.10 Å². The van der Waals surface area contributed by atoms with E-state index in [9.17, 15) is 10.2 Å². The van der Waals surface area contributed by atoms with E-state index in [0.29, 0.717) is 12.0 Å². The lowest BCUT2D eigenvalue weighted by atomic mass is 9.95. The largest absolute Gasteiger partial charge is 0.508 e. The summed E-state index contributed by atoms with van der Waals surface area (Å²) < 4.78 is 7.26. The Bertz CT molecular complexity index is 1090. The van der Waals surface area contributed by atoms with Crippen molar-refractivity contribution in [3.63, 3.8) is 0 Å². The molecule has 140 valence electrons. The molecule has 2 aliphatic heterocycles.